The molecule has 1 heterocycles. The smallest absolute Gasteiger partial charge is 0.251 e. The quantitative estimate of drug-likeness (QED) is 0.803. The van der Waals surface area contributed by atoms with E-state index in [-0.39, 0.29) is 30.5 Å². The Hall–Kier alpha value is -1.30. The second-order valence-electron chi connectivity index (χ2n) is 8.15. The Kier molecular flexibility index (Phi) is 7.01. The van der Waals surface area contributed by atoms with E-state index in [0.29, 0.717) is 30.0 Å². The Morgan fingerprint density at radius 2 is 1.81 bits per heavy atom. The highest BCUT2D eigenvalue weighted by Gasteiger charge is 2.39. The molecule has 0 spiro atoms. The molecule has 2 bridgehead atoms. The maximum absolute atomic E-state index is 12.7. The molecule has 5 nitrogen and oxygen atoms in total. The van der Waals surface area contributed by atoms with E-state index in [4.69, 9.17) is 15.2 Å². The minimum Gasteiger partial charge on any atom is -0.491 e. The molecule has 3 aliphatic rings. The van der Waals surface area contributed by atoms with E-state index in [2.05, 4.69) is 5.32 Å². The molecule has 2 aliphatic carbocycles. The highest BCUT2D eigenvalue weighted by Crippen LogP contribution is 2.39. The number of ether oxygens (including phenoxy) is 2. The first-order chi connectivity index (χ1) is 12.7. The van der Waals surface area contributed by atoms with Crippen LogP contribution in [0.4, 0.5) is 0 Å². The van der Waals surface area contributed by atoms with Gasteiger partial charge in [0, 0.05) is 24.3 Å². The lowest BCUT2D eigenvalue weighted by atomic mass is 9.67. The number of rotatable bonds is 5. The summed E-state index contributed by atoms with van der Waals surface area (Å²) in [6, 6.07) is 8.04. The van der Waals surface area contributed by atoms with E-state index in [0.717, 1.165) is 38.0 Å². The van der Waals surface area contributed by atoms with E-state index >= 15 is 0 Å². The van der Waals surface area contributed by atoms with Gasteiger partial charge in [-0.1, -0.05) is 6.42 Å². The number of amides is 1. The average molecular weight is 395 g/mol. The van der Waals surface area contributed by atoms with Crippen LogP contribution in [0.3, 0.4) is 0 Å². The van der Waals surface area contributed by atoms with Crippen LogP contribution >= 0.6 is 12.4 Å². The van der Waals surface area contributed by atoms with Gasteiger partial charge in [-0.05, 0) is 74.6 Å². The van der Waals surface area contributed by atoms with Crippen LogP contribution in [-0.2, 0) is 4.74 Å². The van der Waals surface area contributed by atoms with Crippen LogP contribution < -0.4 is 15.8 Å². The van der Waals surface area contributed by atoms with Crippen LogP contribution in [0.2, 0.25) is 0 Å². The third-order valence-electron chi connectivity index (χ3n) is 6.25. The molecular weight excluding hydrogens is 364 g/mol. The second kappa shape index (κ2) is 9.26. The zero-order valence-electron chi connectivity index (χ0n) is 15.8. The average Bonchev–Trinajstić information content (AvgIpc) is 3.15. The maximum Gasteiger partial charge on any atom is 0.251 e. The van der Waals surface area contributed by atoms with Crippen LogP contribution in [0.25, 0.3) is 0 Å². The normalized spacial score (nSPS) is 32.4. The van der Waals surface area contributed by atoms with Gasteiger partial charge in [0.2, 0.25) is 0 Å². The summed E-state index contributed by atoms with van der Waals surface area (Å²) in [5, 5.41) is 3.30. The van der Waals surface area contributed by atoms with Gasteiger partial charge in [-0.15, -0.1) is 12.4 Å². The largest absolute Gasteiger partial charge is 0.491 e. The third-order valence-corrected chi connectivity index (χ3v) is 6.25. The van der Waals surface area contributed by atoms with Gasteiger partial charge in [0.1, 0.15) is 12.4 Å². The van der Waals surface area contributed by atoms with Crippen molar-refractivity contribution < 1.29 is 14.3 Å². The van der Waals surface area contributed by atoms with Crippen molar-refractivity contribution >= 4 is 18.3 Å². The van der Waals surface area contributed by atoms with Crippen LogP contribution in [0.15, 0.2) is 24.3 Å². The number of carbonyl (C=O) groups excluding carboxylic acids is 1. The summed E-state index contributed by atoms with van der Waals surface area (Å²) >= 11 is 0. The van der Waals surface area contributed by atoms with E-state index in [1.54, 1.807) is 0 Å². The molecule has 150 valence electrons. The standard InChI is InChI=1S/C21H30N2O3.ClH/c22-17-11-15-3-1-4-16(12-17)20(15)23-21(24)14-6-8-18(9-7-14)26-13-19-5-2-10-25-19;/h6-9,15-17,19-20H,1-5,10-13,22H2,(H,23,24);1H. The van der Waals surface area contributed by atoms with Gasteiger partial charge in [-0.3, -0.25) is 4.79 Å². The fourth-order valence-electron chi connectivity index (χ4n) is 4.93. The third kappa shape index (κ3) is 4.95. The molecule has 2 saturated carbocycles. The number of benzene rings is 1. The van der Waals surface area contributed by atoms with Crippen LogP contribution in [0.5, 0.6) is 5.75 Å². The first-order valence-electron chi connectivity index (χ1n) is 10.1. The first-order valence-corrected chi connectivity index (χ1v) is 10.1. The van der Waals surface area contributed by atoms with Gasteiger partial charge in [-0.2, -0.15) is 0 Å². The Bertz CT molecular complexity index is 604. The van der Waals surface area contributed by atoms with E-state index in [1.807, 2.05) is 24.3 Å². The summed E-state index contributed by atoms with van der Waals surface area (Å²) in [4.78, 5) is 12.7. The molecule has 6 heteroatoms. The molecule has 27 heavy (non-hydrogen) atoms. The number of halogens is 1. The minimum atomic E-state index is 0. The second-order valence-corrected chi connectivity index (χ2v) is 8.15. The fourth-order valence-corrected chi connectivity index (χ4v) is 4.93. The van der Waals surface area contributed by atoms with Gasteiger partial charge in [-0.25, -0.2) is 0 Å². The lowest BCUT2D eigenvalue weighted by molar-refractivity contribution is 0.0679. The number of carbonyl (C=O) groups is 1. The van der Waals surface area contributed by atoms with Crippen molar-refractivity contribution in [1.82, 2.24) is 5.32 Å². The number of nitrogens with one attached hydrogen (secondary N) is 1. The monoisotopic (exact) mass is 394 g/mol. The predicted molar refractivity (Wildman–Crippen MR) is 107 cm³/mol. The molecule has 1 aromatic rings. The summed E-state index contributed by atoms with van der Waals surface area (Å²) in [6.45, 7) is 1.42. The van der Waals surface area contributed by atoms with Gasteiger partial charge in [0.05, 0.1) is 6.10 Å². The Labute approximate surface area is 167 Å². The van der Waals surface area contributed by atoms with Crippen LogP contribution in [0, 0.1) is 11.8 Å². The molecule has 0 radical (unpaired) electrons. The SMILES string of the molecule is Cl.NC1CC2CCCC(C1)C2NC(=O)c1ccc(OCC2CCCO2)cc1. The molecule has 3 unspecified atom stereocenters. The van der Waals surface area contributed by atoms with Crippen molar-refractivity contribution in [3.8, 4) is 5.75 Å². The van der Waals surface area contributed by atoms with Crippen molar-refractivity contribution in [1.29, 1.82) is 0 Å². The number of nitrogens with two attached hydrogens (primary N) is 1. The van der Waals surface area contributed by atoms with Crippen molar-refractivity contribution in [3.63, 3.8) is 0 Å². The Morgan fingerprint density at radius 1 is 1.11 bits per heavy atom. The molecule has 1 aliphatic heterocycles. The number of fused-ring (bicyclic) bond motifs is 2. The Morgan fingerprint density at radius 3 is 2.44 bits per heavy atom. The molecular formula is C21H31ClN2O3. The van der Waals surface area contributed by atoms with Gasteiger partial charge in [0.25, 0.3) is 5.91 Å². The fraction of sp³-hybridized carbons (Fsp3) is 0.667. The summed E-state index contributed by atoms with van der Waals surface area (Å²) in [7, 11) is 0. The topological polar surface area (TPSA) is 73.6 Å². The van der Waals surface area contributed by atoms with Crippen molar-refractivity contribution in [2.24, 2.45) is 17.6 Å². The van der Waals surface area contributed by atoms with E-state index in [9.17, 15) is 4.79 Å². The van der Waals surface area contributed by atoms with Gasteiger partial charge in [0.15, 0.2) is 0 Å². The van der Waals surface area contributed by atoms with Crippen molar-refractivity contribution in [2.75, 3.05) is 13.2 Å². The van der Waals surface area contributed by atoms with Crippen molar-refractivity contribution in [3.05, 3.63) is 29.8 Å². The van der Waals surface area contributed by atoms with E-state index in [1.165, 1.54) is 19.3 Å². The molecule has 1 aromatic carbocycles. The predicted octanol–water partition coefficient (Wildman–Crippen LogP) is 3.30. The summed E-state index contributed by atoms with van der Waals surface area (Å²) < 4.78 is 11.3. The Balaban J connectivity index is 0.00000210. The highest BCUT2D eigenvalue weighted by molar-refractivity contribution is 5.94. The molecule has 3 atom stereocenters. The lowest BCUT2D eigenvalue weighted by Crippen LogP contribution is -2.53. The van der Waals surface area contributed by atoms with Crippen molar-refractivity contribution in [2.45, 2.75) is 63.1 Å². The van der Waals surface area contributed by atoms with Crippen LogP contribution in [0.1, 0.15) is 55.3 Å². The summed E-state index contributed by atoms with van der Waals surface area (Å²) in [6.07, 6.45) is 8.10. The zero-order valence-corrected chi connectivity index (χ0v) is 16.6. The maximum atomic E-state index is 12.7. The highest BCUT2D eigenvalue weighted by atomic mass is 35.5. The zero-order chi connectivity index (χ0) is 17.9. The molecule has 0 aromatic heterocycles. The summed E-state index contributed by atoms with van der Waals surface area (Å²) in [5.74, 6) is 1.89. The lowest BCUT2D eigenvalue weighted by Gasteiger charge is -2.45. The molecule has 1 saturated heterocycles. The molecule has 1 amide bonds. The number of hydrogen-bond donors (Lipinski definition) is 2. The minimum absolute atomic E-state index is 0. The van der Waals surface area contributed by atoms with Gasteiger partial charge >= 0.3 is 0 Å². The summed E-state index contributed by atoms with van der Waals surface area (Å²) in [5.41, 5.74) is 6.88. The number of hydrogen-bond acceptors (Lipinski definition) is 4. The molecule has 3 fully saturated rings. The molecule has 3 N–H and O–H groups in total. The van der Waals surface area contributed by atoms with E-state index < -0.39 is 0 Å². The molecule has 4 rings (SSSR count). The van der Waals surface area contributed by atoms with Gasteiger partial charge < -0.3 is 20.5 Å². The van der Waals surface area contributed by atoms with Crippen LogP contribution in [-0.4, -0.2) is 37.3 Å². The first kappa shape index (κ1) is 20.4.